The number of esters is 4. The lowest BCUT2D eigenvalue weighted by Gasteiger charge is -2.27. The summed E-state index contributed by atoms with van der Waals surface area (Å²) in [4.78, 5) is 47.5. The molecule has 60 heavy (non-hydrogen) atoms. The van der Waals surface area contributed by atoms with Gasteiger partial charge >= 0.3 is 23.9 Å². The first-order chi connectivity index (χ1) is 29.4. The summed E-state index contributed by atoms with van der Waals surface area (Å²) in [5, 5.41) is 0. The number of unbranched alkanes of at least 4 members (excludes halogenated alkanes) is 9. The van der Waals surface area contributed by atoms with Crippen molar-refractivity contribution in [3.05, 3.63) is 85.0 Å². The van der Waals surface area contributed by atoms with Gasteiger partial charge in [-0.15, -0.1) is 0 Å². The Morgan fingerprint density at radius 2 is 1.05 bits per heavy atom. The SMILES string of the molecule is C=CC(=O)OCCCCCCCCCCCOC1CCC(C(=O)Oc2ccc(OC(=O)c3ccc(C#CCOCCOCCCCOCCOC(=O)C=C)cc3)cc2)CC1. The van der Waals surface area contributed by atoms with Gasteiger partial charge in [0.2, 0.25) is 0 Å². The minimum Gasteiger partial charge on any atom is -0.463 e. The van der Waals surface area contributed by atoms with Gasteiger partial charge in [0.1, 0.15) is 24.7 Å². The first kappa shape index (κ1) is 49.6. The Bertz CT molecular complexity index is 1600. The van der Waals surface area contributed by atoms with Crippen molar-refractivity contribution in [2.45, 2.75) is 102 Å². The lowest BCUT2D eigenvalue weighted by atomic mass is 9.87. The van der Waals surface area contributed by atoms with Crippen LogP contribution in [0.5, 0.6) is 11.5 Å². The van der Waals surface area contributed by atoms with Crippen LogP contribution >= 0.6 is 0 Å². The molecular weight excluding hydrogens is 769 g/mol. The van der Waals surface area contributed by atoms with E-state index in [1.165, 1.54) is 44.6 Å². The van der Waals surface area contributed by atoms with Gasteiger partial charge in [0.05, 0.1) is 44.0 Å². The van der Waals surface area contributed by atoms with Gasteiger partial charge < -0.3 is 37.9 Å². The molecular formula is C48H64O12. The molecule has 12 heteroatoms. The van der Waals surface area contributed by atoms with E-state index in [0.717, 1.165) is 76.0 Å². The normalized spacial score (nSPS) is 14.6. The summed E-state index contributed by atoms with van der Waals surface area (Å²) in [7, 11) is 0. The van der Waals surface area contributed by atoms with Crippen molar-refractivity contribution >= 4 is 23.9 Å². The Hall–Kier alpha value is -4.80. The lowest BCUT2D eigenvalue weighted by molar-refractivity contribution is -0.141. The van der Waals surface area contributed by atoms with E-state index in [2.05, 4.69) is 25.0 Å². The summed E-state index contributed by atoms with van der Waals surface area (Å²) in [6.07, 6.45) is 17.7. The van der Waals surface area contributed by atoms with Crippen molar-refractivity contribution in [3.63, 3.8) is 0 Å². The molecule has 0 atom stereocenters. The van der Waals surface area contributed by atoms with Crippen LogP contribution in [0.2, 0.25) is 0 Å². The molecule has 328 valence electrons. The fraction of sp³-hybridized carbons (Fsp3) is 0.542. The van der Waals surface area contributed by atoms with Crippen molar-refractivity contribution in [3.8, 4) is 23.3 Å². The highest BCUT2D eigenvalue weighted by atomic mass is 16.6. The lowest BCUT2D eigenvalue weighted by Crippen LogP contribution is -2.29. The van der Waals surface area contributed by atoms with Gasteiger partial charge in [-0.2, -0.15) is 0 Å². The molecule has 1 fully saturated rings. The molecule has 1 saturated carbocycles. The number of benzene rings is 2. The summed E-state index contributed by atoms with van der Waals surface area (Å²) in [6, 6.07) is 13.3. The Kier molecular flexibility index (Phi) is 26.5. The molecule has 0 aliphatic heterocycles. The second-order valence-corrected chi connectivity index (χ2v) is 14.4. The molecule has 1 aliphatic rings. The number of carbonyl (C=O) groups is 4. The number of hydrogen-bond donors (Lipinski definition) is 0. The average molecular weight is 833 g/mol. The van der Waals surface area contributed by atoms with E-state index in [-0.39, 0.29) is 37.2 Å². The molecule has 0 N–H and O–H groups in total. The van der Waals surface area contributed by atoms with Crippen LogP contribution in [-0.2, 0) is 42.8 Å². The predicted octanol–water partition coefficient (Wildman–Crippen LogP) is 8.54. The minimum absolute atomic E-state index is 0.159. The summed E-state index contributed by atoms with van der Waals surface area (Å²) < 4.78 is 43.5. The van der Waals surface area contributed by atoms with Crippen LogP contribution in [0.3, 0.4) is 0 Å². The van der Waals surface area contributed by atoms with Crippen LogP contribution in [0.4, 0.5) is 0 Å². The third-order valence-corrected chi connectivity index (χ3v) is 9.68. The van der Waals surface area contributed by atoms with Gasteiger partial charge in [-0.3, -0.25) is 4.79 Å². The molecule has 0 saturated heterocycles. The van der Waals surface area contributed by atoms with Crippen molar-refractivity contribution in [2.75, 3.05) is 59.5 Å². The monoisotopic (exact) mass is 832 g/mol. The zero-order valence-corrected chi connectivity index (χ0v) is 35.2. The molecule has 0 bridgehead atoms. The van der Waals surface area contributed by atoms with E-state index in [1.54, 1.807) is 48.5 Å². The zero-order valence-electron chi connectivity index (χ0n) is 35.2. The first-order valence-corrected chi connectivity index (χ1v) is 21.4. The van der Waals surface area contributed by atoms with E-state index in [1.807, 2.05) is 0 Å². The van der Waals surface area contributed by atoms with Crippen molar-refractivity contribution < 1.29 is 57.1 Å². The molecule has 12 nitrogen and oxygen atoms in total. The number of ether oxygens (including phenoxy) is 8. The van der Waals surface area contributed by atoms with E-state index < -0.39 is 11.9 Å². The number of rotatable bonds is 31. The number of carbonyl (C=O) groups excluding carboxylic acids is 4. The molecule has 0 aromatic heterocycles. The van der Waals surface area contributed by atoms with Gasteiger partial charge in [-0.1, -0.05) is 69.9 Å². The minimum atomic E-state index is -0.508. The van der Waals surface area contributed by atoms with E-state index in [0.29, 0.717) is 56.7 Å². The molecule has 0 radical (unpaired) electrons. The van der Waals surface area contributed by atoms with E-state index in [9.17, 15) is 19.2 Å². The van der Waals surface area contributed by atoms with Crippen LogP contribution in [0.1, 0.15) is 112 Å². The van der Waals surface area contributed by atoms with Crippen LogP contribution in [0.25, 0.3) is 0 Å². The third kappa shape index (κ3) is 23.1. The Labute approximate surface area is 356 Å². The maximum atomic E-state index is 12.9. The van der Waals surface area contributed by atoms with Crippen LogP contribution < -0.4 is 9.47 Å². The van der Waals surface area contributed by atoms with E-state index >= 15 is 0 Å². The second-order valence-electron chi connectivity index (χ2n) is 14.4. The Morgan fingerprint density at radius 1 is 0.550 bits per heavy atom. The van der Waals surface area contributed by atoms with Crippen LogP contribution in [-0.4, -0.2) is 89.4 Å². The van der Waals surface area contributed by atoms with Gasteiger partial charge in [-0.05, 0) is 99.9 Å². The standard InChI is InChI=1S/C48H64O12/c1-3-45(49)57-34-13-11-9-7-5-6-8-10-12-33-56-42-24-22-41(23-25-42)48(52)60-44-28-26-43(27-29-44)59-47(51)40-20-18-39(19-21-40)17-16-32-55-36-35-53-30-14-15-31-54-37-38-58-46(50)4-2/h3-4,18-21,26-29,41-42H,1-2,5-15,22-25,30-38H2. The molecule has 1 aliphatic carbocycles. The van der Waals surface area contributed by atoms with Gasteiger partial charge in [0, 0.05) is 37.5 Å². The maximum absolute atomic E-state index is 12.9. The quantitative estimate of drug-likeness (QED) is 0.0236. The molecule has 0 spiro atoms. The second kappa shape index (κ2) is 32.0. The summed E-state index contributed by atoms with van der Waals surface area (Å²) in [5.74, 6) is 5.00. The first-order valence-electron chi connectivity index (χ1n) is 21.4. The highest BCUT2D eigenvalue weighted by molar-refractivity contribution is 5.91. The van der Waals surface area contributed by atoms with Gasteiger partial charge in [-0.25, -0.2) is 14.4 Å². The Balaban J connectivity index is 1.17. The average Bonchev–Trinajstić information content (AvgIpc) is 3.27. The molecule has 3 rings (SSSR count). The molecule has 0 heterocycles. The largest absolute Gasteiger partial charge is 0.463 e. The van der Waals surface area contributed by atoms with Crippen LogP contribution in [0.15, 0.2) is 73.8 Å². The van der Waals surface area contributed by atoms with Crippen molar-refractivity contribution in [1.29, 1.82) is 0 Å². The highest BCUT2D eigenvalue weighted by Gasteiger charge is 2.28. The summed E-state index contributed by atoms with van der Waals surface area (Å²) in [5.41, 5.74) is 1.12. The predicted molar refractivity (Wildman–Crippen MR) is 228 cm³/mol. The molecule has 0 amide bonds. The van der Waals surface area contributed by atoms with Crippen LogP contribution in [0, 0.1) is 17.8 Å². The fourth-order valence-corrected chi connectivity index (χ4v) is 6.27. The summed E-state index contributed by atoms with van der Waals surface area (Å²) >= 11 is 0. The highest BCUT2D eigenvalue weighted by Crippen LogP contribution is 2.29. The summed E-state index contributed by atoms with van der Waals surface area (Å²) in [6.45, 7) is 10.9. The third-order valence-electron chi connectivity index (χ3n) is 9.68. The van der Waals surface area contributed by atoms with Gasteiger partial charge in [0.25, 0.3) is 0 Å². The maximum Gasteiger partial charge on any atom is 0.343 e. The fourth-order valence-electron chi connectivity index (χ4n) is 6.27. The molecule has 2 aromatic rings. The topological polar surface area (TPSA) is 142 Å². The van der Waals surface area contributed by atoms with E-state index in [4.69, 9.17) is 37.9 Å². The number of hydrogen-bond acceptors (Lipinski definition) is 12. The van der Waals surface area contributed by atoms with Crippen molar-refractivity contribution in [2.24, 2.45) is 5.92 Å². The smallest absolute Gasteiger partial charge is 0.343 e. The zero-order chi connectivity index (χ0) is 42.9. The van der Waals surface area contributed by atoms with Crippen molar-refractivity contribution in [1.82, 2.24) is 0 Å². The molecule has 0 unspecified atom stereocenters. The molecule has 2 aromatic carbocycles. The van der Waals surface area contributed by atoms with Gasteiger partial charge in [0.15, 0.2) is 0 Å². The Morgan fingerprint density at radius 3 is 1.65 bits per heavy atom.